The summed E-state index contributed by atoms with van der Waals surface area (Å²) in [5, 5.41) is 9.63. The van der Waals surface area contributed by atoms with Gasteiger partial charge in [-0.05, 0) is 35.3 Å². The number of hydrogen-bond donors (Lipinski definition) is 1. The van der Waals surface area contributed by atoms with E-state index in [9.17, 15) is 0 Å². The van der Waals surface area contributed by atoms with E-state index < -0.39 is 0 Å². The first-order chi connectivity index (χ1) is 8.88. The molecular weight excluding hydrogens is 246 g/mol. The van der Waals surface area contributed by atoms with Gasteiger partial charge in [-0.2, -0.15) is 0 Å². The van der Waals surface area contributed by atoms with Crippen LogP contribution < -0.4 is 10.1 Å². The number of rotatable bonds is 4. The van der Waals surface area contributed by atoms with Crippen molar-refractivity contribution in [3.05, 3.63) is 40.4 Å². The largest absolute Gasteiger partial charge is 0.493 e. The maximum Gasteiger partial charge on any atom is 0.122 e. The molecule has 0 fully saturated rings. The zero-order valence-corrected chi connectivity index (χ0v) is 11.0. The van der Waals surface area contributed by atoms with Gasteiger partial charge in [0.1, 0.15) is 5.75 Å². The molecule has 1 N–H and O–H groups in total. The standard InChI is InChI=1S/C13H15N3OS/c1-2-14-13(11-8-18-16-15-11)10-3-4-12-9(7-10)5-6-17-12/h3-4,7-8,13-14H,2,5-6H2,1H3. The van der Waals surface area contributed by atoms with Crippen LogP contribution in [0.15, 0.2) is 23.6 Å². The maximum atomic E-state index is 5.54. The van der Waals surface area contributed by atoms with Crippen molar-refractivity contribution < 1.29 is 4.74 Å². The summed E-state index contributed by atoms with van der Waals surface area (Å²) in [5.74, 6) is 1.02. The monoisotopic (exact) mass is 261 g/mol. The van der Waals surface area contributed by atoms with E-state index in [1.54, 1.807) is 0 Å². The molecule has 1 aromatic heterocycles. The predicted molar refractivity (Wildman–Crippen MR) is 71.1 cm³/mol. The van der Waals surface area contributed by atoms with Gasteiger partial charge >= 0.3 is 0 Å². The summed E-state index contributed by atoms with van der Waals surface area (Å²) in [5.41, 5.74) is 3.51. The van der Waals surface area contributed by atoms with Gasteiger partial charge in [-0.25, -0.2) is 0 Å². The summed E-state index contributed by atoms with van der Waals surface area (Å²) < 4.78 is 9.49. The summed E-state index contributed by atoms with van der Waals surface area (Å²) >= 11 is 1.39. The van der Waals surface area contributed by atoms with E-state index >= 15 is 0 Å². The van der Waals surface area contributed by atoms with Crippen molar-refractivity contribution in [3.8, 4) is 5.75 Å². The van der Waals surface area contributed by atoms with E-state index in [4.69, 9.17) is 4.74 Å². The summed E-state index contributed by atoms with van der Waals surface area (Å²) in [7, 11) is 0. The number of benzene rings is 1. The van der Waals surface area contributed by atoms with Gasteiger partial charge in [0.15, 0.2) is 0 Å². The average Bonchev–Trinajstić information content (AvgIpc) is 3.05. The third kappa shape index (κ3) is 2.11. The molecular formula is C13H15N3OS. The number of nitrogens with one attached hydrogen (secondary N) is 1. The molecule has 0 amide bonds. The van der Waals surface area contributed by atoms with Gasteiger partial charge in [0.25, 0.3) is 0 Å². The van der Waals surface area contributed by atoms with Gasteiger partial charge < -0.3 is 10.1 Å². The summed E-state index contributed by atoms with van der Waals surface area (Å²) in [6.07, 6.45) is 0.997. The lowest BCUT2D eigenvalue weighted by Crippen LogP contribution is -2.22. The van der Waals surface area contributed by atoms with Crippen LogP contribution in [0.4, 0.5) is 0 Å². The van der Waals surface area contributed by atoms with E-state index in [2.05, 4.69) is 40.0 Å². The minimum atomic E-state index is 0.125. The highest BCUT2D eigenvalue weighted by Crippen LogP contribution is 2.30. The fraction of sp³-hybridized carbons (Fsp3) is 0.385. The Morgan fingerprint density at radius 3 is 3.22 bits per heavy atom. The Balaban J connectivity index is 1.95. The van der Waals surface area contributed by atoms with Crippen LogP contribution in [0, 0.1) is 0 Å². The van der Waals surface area contributed by atoms with Gasteiger partial charge in [-0.15, -0.1) is 5.10 Å². The molecule has 1 unspecified atom stereocenters. The molecule has 0 aliphatic carbocycles. The third-order valence-corrected chi connectivity index (χ3v) is 3.65. The SMILES string of the molecule is CCNC(c1ccc2c(c1)CCO2)c1csnn1. The molecule has 0 saturated carbocycles. The first-order valence-electron chi connectivity index (χ1n) is 6.14. The first kappa shape index (κ1) is 11.6. The topological polar surface area (TPSA) is 47.0 Å². The molecule has 0 spiro atoms. The van der Waals surface area contributed by atoms with E-state index in [0.717, 1.165) is 31.0 Å². The highest BCUT2D eigenvalue weighted by Gasteiger charge is 2.19. The Hall–Kier alpha value is -1.46. The van der Waals surface area contributed by atoms with Crippen LogP contribution >= 0.6 is 11.5 Å². The molecule has 0 bridgehead atoms. The fourth-order valence-corrected chi connectivity index (χ4v) is 2.76. The number of aromatic nitrogens is 2. The molecule has 2 heterocycles. The summed E-state index contributed by atoms with van der Waals surface area (Å²) in [4.78, 5) is 0. The normalized spacial score (nSPS) is 15.2. The molecule has 1 aromatic carbocycles. The molecule has 94 valence electrons. The lowest BCUT2D eigenvalue weighted by Gasteiger charge is -2.16. The Morgan fingerprint density at radius 1 is 1.50 bits per heavy atom. The van der Waals surface area contributed by atoms with E-state index in [0.29, 0.717) is 0 Å². The van der Waals surface area contributed by atoms with Crippen LogP contribution in [0.1, 0.15) is 29.8 Å². The van der Waals surface area contributed by atoms with E-state index in [-0.39, 0.29) is 6.04 Å². The van der Waals surface area contributed by atoms with Crippen molar-refractivity contribution in [2.45, 2.75) is 19.4 Å². The number of ether oxygens (including phenoxy) is 1. The Morgan fingerprint density at radius 2 is 2.44 bits per heavy atom. The number of fused-ring (bicyclic) bond motifs is 1. The van der Waals surface area contributed by atoms with Crippen LogP contribution in [-0.4, -0.2) is 22.7 Å². The van der Waals surface area contributed by atoms with Crippen molar-refractivity contribution in [1.29, 1.82) is 0 Å². The smallest absolute Gasteiger partial charge is 0.122 e. The van der Waals surface area contributed by atoms with Crippen molar-refractivity contribution >= 4 is 11.5 Å². The summed E-state index contributed by atoms with van der Waals surface area (Å²) in [6, 6.07) is 6.51. The lowest BCUT2D eigenvalue weighted by atomic mass is 10.0. The van der Waals surface area contributed by atoms with E-state index in [1.807, 2.05) is 5.38 Å². The molecule has 5 heteroatoms. The maximum absolute atomic E-state index is 5.54. The van der Waals surface area contributed by atoms with Crippen LogP contribution in [0.3, 0.4) is 0 Å². The van der Waals surface area contributed by atoms with Crippen molar-refractivity contribution in [2.75, 3.05) is 13.2 Å². The fourth-order valence-electron chi connectivity index (χ4n) is 2.28. The average molecular weight is 261 g/mol. The molecule has 1 aliphatic rings. The second-order valence-corrected chi connectivity index (χ2v) is 4.90. The van der Waals surface area contributed by atoms with Crippen LogP contribution in [0.25, 0.3) is 0 Å². The summed E-state index contributed by atoms with van der Waals surface area (Å²) in [6.45, 7) is 3.79. The predicted octanol–water partition coefficient (Wildman–Crippen LogP) is 2.17. The number of nitrogens with zero attached hydrogens (tertiary/aromatic N) is 2. The highest BCUT2D eigenvalue weighted by molar-refractivity contribution is 7.03. The van der Waals surface area contributed by atoms with Gasteiger partial charge in [-0.1, -0.05) is 23.5 Å². The molecule has 4 nitrogen and oxygen atoms in total. The molecule has 0 radical (unpaired) electrons. The quantitative estimate of drug-likeness (QED) is 0.916. The molecule has 3 rings (SSSR count). The van der Waals surface area contributed by atoms with Crippen molar-refractivity contribution in [3.63, 3.8) is 0 Å². The van der Waals surface area contributed by atoms with E-state index in [1.165, 1.54) is 22.7 Å². The second-order valence-electron chi connectivity index (χ2n) is 4.29. The Bertz CT molecular complexity index is 527. The van der Waals surface area contributed by atoms with Crippen molar-refractivity contribution in [2.24, 2.45) is 0 Å². The minimum Gasteiger partial charge on any atom is -0.493 e. The van der Waals surface area contributed by atoms with Crippen LogP contribution in [0.2, 0.25) is 0 Å². The molecule has 2 aromatic rings. The van der Waals surface area contributed by atoms with Gasteiger partial charge in [0, 0.05) is 11.8 Å². The third-order valence-electron chi connectivity index (χ3n) is 3.13. The highest BCUT2D eigenvalue weighted by atomic mass is 32.1. The molecule has 18 heavy (non-hydrogen) atoms. The van der Waals surface area contributed by atoms with Gasteiger partial charge in [0.2, 0.25) is 0 Å². The van der Waals surface area contributed by atoms with Gasteiger partial charge in [-0.3, -0.25) is 0 Å². The number of hydrogen-bond acceptors (Lipinski definition) is 5. The van der Waals surface area contributed by atoms with Crippen molar-refractivity contribution in [1.82, 2.24) is 14.9 Å². The minimum absolute atomic E-state index is 0.125. The molecule has 0 saturated heterocycles. The zero-order valence-electron chi connectivity index (χ0n) is 10.2. The van der Waals surface area contributed by atoms with Gasteiger partial charge in [0.05, 0.1) is 18.3 Å². The molecule has 1 aliphatic heterocycles. The second kappa shape index (κ2) is 5.04. The van der Waals surface area contributed by atoms with Crippen LogP contribution in [0.5, 0.6) is 5.75 Å². The lowest BCUT2D eigenvalue weighted by molar-refractivity contribution is 0.357. The first-order valence-corrected chi connectivity index (χ1v) is 6.98. The Labute approximate surface area is 110 Å². The Kier molecular flexibility index (Phi) is 3.25. The molecule has 1 atom stereocenters. The van der Waals surface area contributed by atoms with Crippen LogP contribution in [-0.2, 0) is 6.42 Å². The zero-order chi connectivity index (χ0) is 12.4.